The van der Waals surface area contributed by atoms with Gasteiger partial charge in [-0.2, -0.15) is 0 Å². The number of hydrogen-bond donors (Lipinski definition) is 0. The molecule has 2 aromatic carbocycles. The van der Waals surface area contributed by atoms with E-state index < -0.39 is 0 Å². The second-order valence-corrected chi connectivity index (χ2v) is 6.82. The molecule has 0 saturated heterocycles. The third kappa shape index (κ3) is 2.64. The minimum atomic E-state index is -0.295. The van der Waals surface area contributed by atoms with Gasteiger partial charge in [0.15, 0.2) is 0 Å². The number of pyridine rings is 1. The number of rotatable bonds is 2. The van der Waals surface area contributed by atoms with Crippen molar-refractivity contribution in [1.82, 2.24) is 4.98 Å². The van der Waals surface area contributed by atoms with E-state index >= 15 is 0 Å². The van der Waals surface area contributed by atoms with Crippen LogP contribution in [0.4, 0.5) is 4.39 Å². The molecule has 23 heavy (non-hydrogen) atoms. The molecule has 0 saturated carbocycles. The Bertz CT molecular complexity index is 989. The second kappa shape index (κ2) is 5.60. The van der Waals surface area contributed by atoms with Crippen molar-refractivity contribution in [2.75, 3.05) is 0 Å². The average molecular weight is 319 g/mol. The minimum absolute atomic E-state index is 0.295. The average Bonchev–Trinajstić information content (AvgIpc) is 2.94. The van der Waals surface area contributed by atoms with Gasteiger partial charge in [0.25, 0.3) is 0 Å². The van der Waals surface area contributed by atoms with E-state index in [4.69, 9.17) is 0 Å². The molecule has 0 spiro atoms. The first-order valence-corrected chi connectivity index (χ1v) is 8.24. The molecule has 112 valence electrons. The van der Waals surface area contributed by atoms with Crippen molar-refractivity contribution in [3.05, 3.63) is 77.6 Å². The number of aromatic nitrogens is 1. The van der Waals surface area contributed by atoms with E-state index in [1.54, 1.807) is 23.6 Å². The fourth-order valence-corrected chi connectivity index (χ4v) is 3.71. The first kappa shape index (κ1) is 14.1. The highest BCUT2D eigenvalue weighted by atomic mass is 32.1. The third-order valence-electron chi connectivity index (χ3n) is 3.87. The largest absolute Gasteiger partial charge is 0.253 e. The zero-order chi connectivity index (χ0) is 15.8. The van der Waals surface area contributed by atoms with E-state index in [2.05, 4.69) is 30.1 Å². The fourth-order valence-electron chi connectivity index (χ4n) is 2.75. The van der Waals surface area contributed by atoms with Crippen LogP contribution in [0.1, 0.15) is 4.88 Å². The quantitative estimate of drug-likeness (QED) is 0.436. The van der Waals surface area contributed by atoms with Gasteiger partial charge in [0.1, 0.15) is 11.5 Å². The number of thiophene rings is 1. The maximum absolute atomic E-state index is 14.5. The number of benzene rings is 2. The van der Waals surface area contributed by atoms with E-state index in [1.165, 1.54) is 15.0 Å². The van der Waals surface area contributed by atoms with E-state index in [1.807, 2.05) is 36.4 Å². The highest BCUT2D eigenvalue weighted by Gasteiger charge is 2.09. The van der Waals surface area contributed by atoms with Gasteiger partial charge >= 0.3 is 0 Å². The normalized spacial score (nSPS) is 11.0. The molecule has 0 atom stereocenters. The molecular formula is C20H14FNS. The summed E-state index contributed by atoms with van der Waals surface area (Å²) >= 11 is 1.75. The van der Waals surface area contributed by atoms with Crippen LogP contribution in [0.3, 0.4) is 0 Å². The maximum Gasteiger partial charge on any atom is 0.150 e. The molecule has 0 amide bonds. The van der Waals surface area contributed by atoms with Crippen LogP contribution in [0.2, 0.25) is 0 Å². The second-order valence-electron chi connectivity index (χ2n) is 5.53. The van der Waals surface area contributed by atoms with Crippen molar-refractivity contribution >= 4 is 21.4 Å². The molecule has 0 aliphatic heterocycles. The van der Waals surface area contributed by atoms with Crippen LogP contribution in [-0.2, 0) is 0 Å². The van der Waals surface area contributed by atoms with Gasteiger partial charge in [0.05, 0.1) is 0 Å². The monoisotopic (exact) mass is 319 g/mol. The van der Waals surface area contributed by atoms with Crippen LogP contribution < -0.4 is 0 Å². The molecule has 2 heterocycles. The number of nitrogens with zero attached hydrogens (tertiary/aromatic N) is 1. The van der Waals surface area contributed by atoms with E-state index in [-0.39, 0.29) is 5.82 Å². The van der Waals surface area contributed by atoms with Gasteiger partial charge in [0, 0.05) is 26.9 Å². The molecule has 0 N–H and O–H groups in total. The van der Waals surface area contributed by atoms with Crippen LogP contribution >= 0.6 is 11.3 Å². The van der Waals surface area contributed by atoms with Crippen LogP contribution in [-0.4, -0.2) is 4.98 Å². The lowest BCUT2D eigenvalue weighted by molar-refractivity contribution is 0.626. The maximum atomic E-state index is 14.5. The zero-order valence-corrected chi connectivity index (χ0v) is 13.4. The van der Waals surface area contributed by atoms with Crippen molar-refractivity contribution in [3.63, 3.8) is 0 Å². The summed E-state index contributed by atoms with van der Waals surface area (Å²) in [6.07, 6.45) is 1.74. The highest BCUT2D eigenvalue weighted by molar-refractivity contribution is 7.19. The predicted molar refractivity (Wildman–Crippen MR) is 95.2 cm³/mol. The molecule has 0 fully saturated rings. The summed E-state index contributed by atoms with van der Waals surface area (Å²) in [6.45, 7) is 2.10. The molecule has 3 heteroatoms. The molecular weight excluding hydrogens is 305 g/mol. The van der Waals surface area contributed by atoms with E-state index in [9.17, 15) is 4.39 Å². The lowest BCUT2D eigenvalue weighted by Crippen LogP contribution is -1.90. The van der Waals surface area contributed by atoms with Gasteiger partial charge in [-0.1, -0.05) is 42.5 Å². The van der Waals surface area contributed by atoms with E-state index in [0.717, 1.165) is 16.7 Å². The lowest BCUT2D eigenvalue weighted by Gasteiger charge is -2.06. The number of aryl methyl sites for hydroxylation is 1. The lowest BCUT2D eigenvalue weighted by atomic mass is 10.0. The van der Waals surface area contributed by atoms with Crippen LogP contribution in [0.15, 0.2) is 66.9 Å². The Morgan fingerprint density at radius 3 is 2.48 bits per heavy atom. The Balaban J connectivity index is 1.78. The molecule has 0 radical (unpaired) electrons. The predicted octanol–water partition coefficient (Wildman–Crippen LogP) is 6.08. The van der Waals surface area contributed by atoms with Crippen molar-refractivity contribution in [2.24, 2.45) is 0 Å². The van der Waals surface area contributed by atoms with Crippen molar-refractivity contribution in [3.8, 4) is 22.4 Å². The van der Waals surface area contributed by atoms with Crippen LogP contribution in [0.5, 0.6) is 0 Å². The minimum Gasteiger partial charge on any atom is -0.253 e. The summed E-state index contributed by atoms with van der Waals surface area (Å²) in [7, 11) is 0. The summed E-state index contributed by atoms with van der Waals surface area (Å²) in [6, 6.07) is 19.4. The summed E-state index contributed by atoms with van der Waals surface area (Å²) < 4.78 is 15.7. The van der Waals surface area contributed by atoms with Gasteiger partial charge in [-0.15, -0.1) is 11.3 Å². The van der Waals surface area contributed by atoms with Gasteiger partial charge in [-0.25, -0.2) is 4.39 Å². The molecule has 1 nitrogen and oxygen atoms in total. The summed E-state index contributed by atoms with van der Waals surface area (Å²) in [5.74, 6) is -0.295. The van der Waals surface area contributed by atoms with Gasteiger partial charge in [-0.05, 0) is 36.1 Å². The fraction of sp³-hybridized carbons (Fsp3) is 0.0500. The van der Waals surface area contributed by atoms with Crippen LogP contribution in [0.25, 0.3) is 32.5 Å². The molecule has 4 rings (SSSR count). The van der Waals surface area contributed by atoms with Gasteiger partial charge in [0.2, 0.25) is 0 Å². The Morgan fingerprint density at radius 1 is 0.870 bits per heavy atom. The third-order valence-corrected chi connectivity index (χ3v) is 4.88. The molecule has 2 aromatic heterocycles. The number of fused-ring (bicyclic) bond motifs is 1. The summed E-state index contributed by atoms with van der Waals surface area (Å²) in [4.78, 5) is 5.62. The summed E-state index contributed by atoms with van der Waals surface area (Å²) in [5.41, 5.74) is 2.98. The number of hydrogen-bond acceptors (Lipinski definition) is 2. The van der Waals surface area contributed by atoms with E-state index in [0.29, 0.717) is 5.69 Å². The van der Waals surface area contributed by atoms with Crippen molar-refractivity contribution < 1.29 is 4.39 Å². The Morgan fingerprint density at radius 2 is 1.70 bits per heavy atom. The SMILES string of the molecule is Cc1cc2ccc(-c3cnc(-c4ccccc4)c(F)c3)cc2s1. The topological polar surface area (TPSA) is 12.9 Å². The van der Waals surface area contributed by atoms with Gasteiger partial charge < -0.3 is 0 Å². The zero-order valence-electron chi connectivity index (χ0n) is 12.6. The summed E-state index contributed by atoms with van der Waals surface area (Å²) in [5, 5.41) is 1.23. The smallest absolute Gasteiger partial charge is 0.150 e. The van der Waals surface area contributed by atoms with Gasteiger partial charge in [-0.3, -0.25) is 4.98 Å². The molecule has 0 bridgehead atoms. The van der Waals surface area contributed by atoms with Crippen molar-refractivity contribution in [2.45, 2.75) is 6.92 Å². The Hall–Kier alpha value is -2.52. The van der Waals surface area contributed by atoms with Crippen LogP contribution in [0, 0.1) is 12.7 Å². The Labute approximate surface area is 138 Å². The molecule has 0 aliphatic rings. The first-order valence-electron chi connectivity index (χ1n) is 7.42. The molecule has 0 aliphatic carbocycles. The standard InChI is InChI=1S/C20H14FNS/c1-13-9-16-8-7-15(11-19(16)23-13)17-10-18(21)20(22-12-17)14-5-3-2-4-6-14/h2-12H,1H3. The first-order chi connectivity index (χ1) is 11.2. The van der Waals surface area contributed by atoms with Crippen molar-refractivity contribution in [1.29, 1.82) is 0 Å². The highest BCUT2D eigenvalue weighted by Crippen LogP contribution is 2.31. The molecule has 0 unspecified atom stereocenters. The Kier molecular flexibility index (Phi) is 3.43. The molecule has 4 aromatic rings. The number of halogens is 1.